The molecule has 1 N–H and O–H groups in total. The van der Waals surface area contributed by atoms with Crippen LogP contribution in [0.15, 0.2) is 41.6 Å². The van der Waals surface area contributed by atoms with Crippen LogP contribution in [0.3, 0.4) is 0 Å². The van der Waals surface area contributed by atoms with Crippen molar-refractivity contribution in [3.05, 3.63) is 69.0 Å². The van der Waals surface area contributed by atoms with Gasteiger partial charge in [0.2, 0.25) is 17.4 Å². The van der Waals surface area contributed by atoms with Crippen LogP contribution in [0.2, 0.25) is 0 Å². The van der Waals surface area contributed by atoms with E-state index in [-0.39, 0.29) is 47.9 Å². The van der Waals surface area contributed by atoms with E-state index in [9.17, 15) is 18.8 Å². The van der Waals surface area contributed by atoms with Gasteiger partial charge in [0, 0.05) is 54.6 Å². The van der Waals surface area contributed by atoms with Crippen molar-refractivity contribution < 1.29 is 23.5 Å². The van der Waals surface area contributed by atoms with E-state index in [1.54, 1.807) is 34.1 Å². The predicted molar refractivity (Wildman–Crippen MR) is 167 cm³/mol. The van der Waals surface area contributed by atoms with E-state index in [0.717, 1.165) is 30.6 Å². The summed E-state index contributed by atoms with van der Waals surface area (Å²) in [5, 5.41) is 3.40. The van der Waals surface area contributed by atoms with Gasteiger partial charge >= 0.3 is 5.56 Å². The standard InChI is InChI=1S/C32H37FN6O5S/c1-4-5-12-43-28-27(30-34-15-24(45-30)13-21-6-7-22(33)14-25(21)29(41)35-23-8-9-23)36-32-37(10-11-39(32)31(28)42)18-26(40)38-16-19(2)44-20(3)17-38/h6-7,10-11,14-15,19-20,23H,4-5,8-9,12-13,16-18H2,1-3H3,(H,35,41)/t19-,20-/m0/s1. The van der Waals surface area contributed by atoms with Gasteiger partial charge in [0.15, 0.2) is 5.69 Å². The number of aromatic nitrogens is 4. The number of thiazole rings is 1. The highest BCUT2D eigenvalue weighted by atomic mass is 32.1. The van der Waals surface area contributed by atoms with Gasteiger partial charge in [-0.2, -0.15) is 0 Å². The molecule has 2 atom stereocenters. The fourth-order valence-corrected chi connectivity index (χ4v) is 6.41. The molecule has 45 heavy (non-hydrogen) atoms. The molecule has 0 spiro atoms. The van der Waals surface area contributed by atoms with Crippen LogP contribution in [0.1, 0.15) is 67.3 Å². The van der Waals surface area contributed by atoms with Crippen molar-refractivity contribution in [3.63, 3.8) is 0 Å². The number of carbonyl (C=O) groups excluding carboxylic acids is 2. The SMILES string of the molecule is CCCCOc1c(-c2ncc(Cc3ccc(F)cc3C(=O)NC3CC3)s2)nc2n(CC(=O)N3C[C@H](C)O[C@@H](C)C3)ccn2c1=O. The van der Waals surface area contributed by atoms with Crippen LogP contribution in [-0.4, -0.2) is 73.6 Å². The Labute approximate surface area is 264 Å². The minimum atomic E-state index is -0.476. The number of nitrogens with one attached hydrogen (secondary N) is 1. The highest BCUT2D eigenvalue weighted by molar-refractivity contribution is 7.15. The first-order chi connectivity index (χ1) is 21.7. The van der Waals surface area contributed by atoms with Gasteiger partial charge in [0.25, 0.3) is 5.91 Å². The molecule has 1 aliphatic carbocycles. The molecule has 0 unspecified atom stereocenters. The number of hydrogen-bond donors (Lipinski definition) is 1. The van der Waals surface area contributed by atoms with Crippen LogP contribution < -0.4 is 15.6 Å². The first kappa shape index (κ1) is 30.9. The number of imidazole rings is 1. The van der Waals surface area contributed by atoms with Crippen LogP contribution in [0.4, 0.5) is 4.39 Å². The number of rotatable bonds is 11. The van der Waals surface area contributed by atoms with Crippen molar-refractivity contribution in [2.24, 2.45) is 0 Å². The van der Waals surface area contributed by atoms with E-state index in [1.807, 2.05) is 20.8 Å². The zero-order valence-electron chi connectivity index (χ0n) is 25.6. The number of hydrogen-bond acceptors (Lipinski definition) is 8. The summed E-state index contributed by atoms with van der Waals surface area (Å²) in [4.78, 5) is 51.8. The predicted octanol–water partition coefficient (Wildman–Crippen LogP) is 4.06. The molecule has 13 heteroatoms. The lowest BCUT2D eigenvalue weighted by Gasteiger charge is -2.35. The highest BCUT2D eigenvalue weighted by Crippen LogP contribution is 2.32. The zero-order chi connectivity index (χ0) is 31.7. The number of amides is 2. The molecule has 2 aliphatic rings. The second-order valence-corrected chi connectivity index (χ2v) is 12.9. The lowest BCUT2D eigenvalue weighted by atomic mass is 10.0. The van der Waals surface area contributed by atoms with Crippen molar-refractivity contribution in [2.45, 2.75) is 77.7 Å². The lowest BCUT2D eigenvalue weighted by molar-refractivity contribution is -0.143. The second-order valence-electron chi connectivity index (χ2n) is 11.8. The fraction of sp³-hybridized carbons (Fsp3) is 0.469. The summed E-state index contributed by atoms with van der Waals surface area (Å²) in [5.41, 5.74) is 0.871. The first-order valence-electron chi connectivity index (χ1n) is 15.4. The third-order valence-corrected chi connectivity index (χ3v) is 8.88. The van der Waals surface area contributed by atoms with Gasteiger partial charge in [-0.25, -0.2) is 18.8 Å². The maximum absolute atomic E-state index is 14.1. The van der Waals surface area contributed by atoms with E-state index in [4.69, 9.17) is 14.5 Å². The van der Waals surface area contributed by atoms with Crippen LogP contribution in [-0.2, 0) is 22.5 Å². The monoisotopic (exact) mass is 636 g/mol. The fourth-order valence-electron chi connectivity index (χ4n) is 5.49. The van der Waals surface area contributed by atoms with Gasteiger partial charge in [-0.05, 0) is 50.8 Å². The maximum atomic E-state index is 14.1. The number of halogens is 1. The Balaban J connectivity index is 1.32. The van der Waals surface area contributed by atoms with Gasteiger partial charge in [0.1, 0.15) is 17.4 Å². The van der Waals surface area contributed by atoms with Crippen molar-refractivity contribution in [1.29, 1.82) is 0 Å². The quantitative estimate of drug-likeness (QED) is 0.247. The molecule has 0 radical (unpaired) electrons. The summed E-state index contributed by atoms with van der Waals surface area (Å²) in [5.74, 6) is -0.468. The second kappa shape index (κ2) is 13.1. The lowest BCUT2D eigenvalue weighted by Crippen LogP contribution is -2.49. The molecule has 1 saturated carbocycles. The Kier molecular flexibility index (Phi) is 8.99. The number of benzene rings is 1. The molecule has 0 bridgehead atoms. The molecular weight excluding hydrogens is 599 g/mol. The number of nitrogens with zero attached hydrogens (tertiary/aromatic N) is 5. The normalized spacial score (nSPS) is 18.4. The molecule has 1 saturated heterocycles. The van der Waals surface area contributed by atoms with Crippen LogP contribution in [0, 0.1) is 5.82 Å². The minimum Gasteiger partial charge on any atom is -0.486 e. The molecule has 1 aliphatic heterocycles. The van der Waals surface area contributed by atoms with E-state index >= 15 is 0 Å². The molecular formula is C32H37FN6O5S. The Bertz CT molecular complexity index is 1770. The van der Waals surface area contributed by atoms with Crippen LogP contribution in [0.5, 0.6) is 5.75 Å². The van der Waals surface area contributed by atoms with Gasteiger partial charge in [-0.15, -0.1) is 11.3 Å². The van der Waals surface area contributed by atoms with Gasteiger partial charge in [-0.3, -0.25) is 14.4 Å². The summed E-state index contributed by atoms with van der Waals surface area (Å²) in [6.45, 7) is 7.26. The van der Waals surface area contributed by atoms with E-state index in [2.05, 4.69) is 10.3 Å². The zero-order valence-corrected chi connectivity index (χ0v) is 26.4. The minimum absolute atomic E-state index is 0.0112. The Morgan fingerprint density at radius 2 is 1.96 bits per heavy atom. The van der Waals surface area contributed by atoms with Crippen molar-refractivity contribution in [2.75, 3.05) is 19.7 Å². The molecule has 2 amide bonds. The third kappa shape index (κ3) is 6.94. The summed E-state index contributed by atoms with van der Waals surface area (Å²) in [6, 6.07) is 4.37. The molecule has 2 fully saturated rings. The molecule has 4 aromatic rings. The van der Waals surface area contributed by atoms with Gasteiger partial charge in [0.05, 0.1) is 18.8 Å². The molecule has 6 rings (SSSR count). The number of morpholine rings is 1. The number of unbranched alkanes of at least 4 members (excludes halogenated alkanes) is 1. The van der Waals surface area contributed by atoms with Crippen LogP contribution >= 0.6 is 11.3 Å². The Morgan fingerprint density at radius 1 is 1.18 bits per heavy atom. The molecule has 238 valence electrons. The van der Waals surface area contributed by atoms with Crippen molar-refractivity contribution in [3.8, 4) is 16.5 Å². The average molecular weight is 637 g/mol. The smallest absolute Gasteiger partial charge is 0.302 e. The summed E-state index contributed by atoms with van der Waals surface area (Å²) < 4.78 is 28.9. The summed E-state index contributed by atoms with van der Waals surface area (Å²) >= 11 is 1.32. The van der Waals surface area contributed by atoms with E-state index < -0.39 is 5.82 Å². The molecule has 1 aromatic carbocycles. The van der Waals surface area contributed by atoms with Gasteiger partial charge < -0.3 is 24.3 Å². The largest absolute Gasteiger partial charge is 0.486 e. The first-order valence-corrected chi connectivity index (χ1v) is 16.2. The maximum Gasteiger partial charge on any atom is 0.302 e. The molecule has 4 heterocycles. The van der Waals surface area contributed by atoms with Crippen molar-refractivity contribution >= 4 is 28.9 Å². The van der Waals surface area contributed by atoms with Crippen LogP contribution in [0.25, 0.3) is 16.5 Å². The van der Waals surface area contributed by atoms with E-state index in [0.29, 0.717) is 53.7 Å². The van der Waals surface area contributed by atoms with Crippen molar-refractivity contribution in [1.82, 2.24) is 29.2 Å². The number of ether oxygens (including phenoxy) is 2. The number of carbonyl (C=O) groups is 2. The van der Waals surface area contributed by atoms with E-state index in [1.165, 1.54) is 27.9 Å². The average Bonchev–Trinajstić information content (AvgIpc) is 3.54. The Hall–Kier alpha value is -4.10. The number of fused-ring (bicyclic) bond motifs is 1. The summed E-state index contributed by atoms with van der Waals surface area (Å²) in [6.07, 6.45) is 8.66. The highest BCUT2D eigenvalue weighted by Gasteiger charge is 2.28. The molecule has 11 nitrogen and oxygen atoms in total. The topological polar surface area (TPSA) is 120 Å². The van der Waals surface area contributed by atoms with Gasteiger partial charge in [-0.1, -0.05) is 19.4 Å². The molecule has 3 aromatic heterocycles. The Morgan fingerprint density at radius 3 is 2.69 bits per heavy atom. The summed E-state index contributed by atoms with van der Waals surface area (Å²) in [7, 11) is 0. The third-order valence-electron chi connectivity index (χ3n) is 7.88.